The van der Waals surface area contributed by atoms with Gasteiger partial charge >= 0.3 is 5.97 Å². The lowest BCUT2D eigenvalue weighted by Crippen LogP contribution is -2.47. The van der Waals surface area contributed by atoms with Crippen molar-refractivity contribution in [1.29, 1.82) is 0 Å². The summed E-state index contributed by atoms with van der Waals surface area (Å²) in [4.78, 5) is 27.0. The van der Waals surface area contributed by atoms with E-state index in [2.05, 4.69) is 15.5 Å². The van der Waals surface area contributed by atoms with Gasteiger partial charge in [-0.25, -0.2) is 4.79 Å². The van der Waals surface area contributed by atoms with Gasteiger partial charge in [-0.3, -0.25) is 9.63 Å². The number of hydrogen-bond acceptors (Lipinski definition) is 6. The van der Waals surface area contributed by atoms with E-state index in [-0.39, 0.29) is 12.5 Å². The summed E-state index contributed by atoms with van der Waals surface area (Å²) < 4.78 is 9.27. The molecule has 0 aliphatic rings. The third kappa shape index (κ3) is 7.16. The molecule has 1 unspecified atom stereocenters. The molecule has 0 aromatic carbocycles. The molecular formula is C9H18N2O5. The molecule has 7 heteroatoms. The summed E-state index contributed by atoms with van der Waals surface area (Å²) >= 11 is 0. The van der Waals surface area contributed by atoms with E-state index in [1.165, 1.54) is 14.0 Å². The second-order valence-electron chi connectivity index (χ2n) is 2.97. The molecule has 0 aromatic rings. The Balaban J connectivity index is 3.83. The van der Waals surface area contributed by atoms with Gasteiger partial charge in [-0.2, -0.15) is 5.48 Å². The number of ether oxygens (including phenoxy) is 2. The smallest absolute Gasteiger partial charge is 0.329 e. The number of rotatable bonds is 8. The normalized spacial score (nSPS) is 11.9. The lowest BCUT2D eigenvalue weighted by atomic mass is 10.3. The first kappa shape index (κ1) is 14.8. The molecule has 2 N–H and O–H groups in total. The van der Waals surface area contributed by atoms with Crippen LogP contribution in [0.25, 0.3) is 0 Å². The van der Waals surface area contributed by atoms with Gasteiger partial charge in [0.15, 0.2) is 0 Å². The number of methoxy groups -OCH3 is 2. The minimum Gasteiger partial charge on any atom is -0.467 e. The lowest BCUT2D eigenvalue weighted by Gasteiger charge is -2.15. The van der Waals surface area contributed by atoms with Crippen molar-refractivity contribution in [2.75, 3.05) is 34.0 Å². The van der Waals surface area contributed by atoms with Crippen molar-refractivity contribution in [2.45, 2.75) is 13.0 Å². The fourth-order valence-electron chi connectivity index (χ4n) is 0.920. The summed E-state index contributed by atoms with van der Waals surface area (Å²) in [5, 5.41) is 2.43. The highest BCUT2D eigenvalue weighted by Gasteiger charge is 2.19. The van der Waals surface area contributed by atoms with E-state index < -0.39 is 12.0 Å². The second kappa shape index (κ2) is 9.08. The summed E-state index contributed by atoms with van der Waals surface area (Å²) in [6, 6.07) is -0.759. The molecule has 0 fully saturated rings. The Kier molecular flexibility index (Phi) is 8.41. The molecule has 0 aliphatic carbocycles. The van der Waals surface area contributed by atoms with Crippen LogP contribution in [-0.2, 0) is 23.9 Å². The summed E-state index contributed by atoms with van der Waals surface area (Å²) in [6.07, 6.45) is 0. The molecule has 0 heterocycles. The van der Waals surface area contributed by atoms with Gasteiger partial charge in [0.2, 0.25) is 5.91 Å². The van der Waals surface area contributed by atoms with Crippen LogP contribution in [0.1, 0.15) is 6.92 Å². The third-order valence-electron chi connectivity index (χ3n) is 1.64. The summed E-state index contributed by atoms with van der Waals surface area (Å²) in [6.45, 7) is 2.25. The third-order valence-corrected chi connectivity index (χ3v) is 1.64. The van der Waals surface area contributed by atoms with Crippen LogP contribution >= 0.6 is 0 Å². The predicted octanol–water partition coefficient (Wildman–Crippen LogP) is -1.17. The molecule has 0 bridgehead atoms. The van der Waals surface area contributed by atoms with E-state index in [0.717, 1.165) is 0 Å². The monoisotopic (exact) mass is 234 g/mol. The molecule has 94 valence electrons. The first-order chi connectivity index (χ1) is 7.61. The van der Waals surface area contributed by atoms with Crippen LogP contribution in [0.5, 0.6) is 0 Å². The highest BCUT2D eigenvalue weighted by Crippen LogP contribution is 1.87. The van der Waals surface area contributed by atoms with Crippen LogP contribution in [0, 0.1) is 0 Å². The summed E-state index contributed by atoms with van der Waals surface area (Å²) in [5.74, 6) is -0.841. The second-order valence-corrected chi connectivity index (χ2v) is 2.97. The fraction of sp³-hybridized carbons (Fsp3) is 0.778. The molecule has 16 heavy (non-hydrogen) atoms. The lowest BCUT2D eigenvalue weighted by molar-refractivity contribution is -0.145. The molecule has 7 nitrogen and oxygen atoms in total. The van der Waals surface area contributed by atoms with Crippen molar-refractivity contribution in [1.82, 2.24) is 10.8 Å². The number of esters is 1. The Labute approximate surface area is 94.4 Å². The highest BCUT2D eigenvalue weighted by atomic mass is 16.7. The number of amides is 1. The fourth-order valence-corrected chi connectivity index (χ4v) is 0.920. The Bertz CT molecular complexity index is 222. The van der Waals surface area contributed by atoms with E-state index in [4.69, 9.17) is 9.57 Å². The number of carbonyl (C=O) groups excluding carboxylic acids is 2. The predicted molar refractivity (Wildman–Crippen MR) is 55.5 cm³/mol. The molecule has 1 atom stereocenters. The average molecular weight is 234 g/mol. The topological polar surface area (TPSA) is 85.9 Å². The van der Waals surface area contributed by atoms with E-state index in [1.807, 2.05) is 0 Å². The SMILES string of the molecule is COCCONCC(NC(C)=O)C(=O)OC. The Morgan fingerprint density at radius 1 is 1.25 bits per heavy atom. The maximum Gasteiger partial charge on any atom is 0.329 e. The van der Waals surface area contributed by atoms with Gasteiger partial charge in [0.05, 0.1) is 26.9 Å². The summed E-state index contributed by atoms with van der Waals surface area (Å²) in [5.41, 5.74) is 2.55. The zero-order chi connectivity index (χ0) is 12.4. The van der Waals surface area contributed by atoms with Crippen LogP contribution in [-0.4, -0.2) is 51.9 Å². The Morgan fingerprint density at radius 3 is 2.44 bits per heavy atom. The zero-order valence-corrected chi connectivity index (χ0v) is 9.74. The van der Waals surface area contributed by atoms with E-state index in [0.29, 0.717) is 13.2 Å². The molecule has 0 rings (SSSR count). The van der Waals surface area contributed by atoms with Crippen molar-refractivity contribution in [2.24, 2.45) is 0 Å². The minimum absolute atomic E-state index is 0.135. The number of nitrogens with one attached hydrogen (secondary N) is 2. The van der Waals surface area contributed by atoms with Crippen LogP contribution in [0.3, 0.4) is 0 Å². The average Bonchev–Trinajstić information content (AvgIpc) is 2.25. The maximum absolute atomic E-state index is 11.2. The Hall–Kier alpha value is -1.18. The molecule has 0 aromatic heterocycles. The standard InChI is InChI=1S/C9H18N2O5/c1-7(12)11-8(9(13)15-3)6-10-16-5-4-14-2/h8,10H,4-6H2,1-3H3,(H,11,12). The van der Waals surface area contributed by atoms with Gasteiger partial charge < -0.3 is 14.8 Å². The van der Waals surface area contributed by atoms with Crippen molar-refractivity contribution < 1.29 is 23.9 Å². The molecule has 0 aliphatic heterocycles. The van der Waals surface area contributed by atoms with Crippen molar-refractivity contribution in [3.63, 3.8) is 0 Å². The minimum atomic E-state index is -0.759. The van der Waals surface area contributed by atoms with Gasteiger partial charge in [-0.15, -0.1) is 0 Å². The molecule has 1 amide bonds. The van der Waals surface area contributed by atoms with Crippen molar-refractivity contribution >= 4 is 11.9 Å². The van der Waals surface area contributed by atoms with Gasteiger partial charge in [0.25, 0.3) is 0 Å². The van der Waals surface area contributed by atoms with Gasteiger partial charge in [-0.1, -0.05) is 0 Å². The summed E-state index contributed by atoms with van der Waals surface area (Å²) in [7, 11) is 2.81. The highest BCUT2D eigenvalue weighted by molar-refractivity contribution is 5.83. The van der Waals surface area contributed by atoms with E-state index in [1.54, 1.807) is 7.11 Å². The quantitative estimate of drug-likeness (QED) is 0.313. The first-order valence-corrected chi connectivity index (χ1v) is 4.80. The van der Waals surface area contributed by atoms with E-state index in [9.17, 15) is 9.59 Å². The van der Waals surface area contributed by atoms with Gasteiger partial charge in [0.1, 0.15) is 6.04 Å². The van der Waals surface area contributed by atoms with E-state index >= 15 is 0 Å². The number of hydroxylamine groups is 1. The molecule has 0 saturated carbocycles. The van der Waals surface area contributed by atoms with Gasteiger partial charge in [-0.05, 0) is 0 Å². The van der Waals surface area contributed by atoms with Crippen LogP contribution in [0.15, 0.2) is 0 Å². The van der Waals surface area contributed by atoms with Crippen LogP contribution in [0.4, 0.5) is 0 Å². The molecule has 0 radical (unpaired) electrons. The first-order valence-electron chi connectivity index (χ1n) is 4.80. The molecule has 0 spiro atoms. The van der Waals surface area contributed by atoms with Crippen molar-refractivity contribution in [3.05, 3.63) is 0 Å². The van der Waals surface area contributed by atoms with Crippen LogP contribution in [0.2, 0.25) is 0 Å². The number of carbonyl (C=O) groups is 2. The number of hydrogen-bond donors (Lipinski definition) is 2. The van der Waals surface area contributed by atoms with Crippen molar-refractivity contribution in [3.8, 4) is 0 Å². The molecular weight excluding hydrogens is 216 g/mol. The molecule has 0 saturated heterocycles. The zero-order valence-electron chi connectivity index (χ0n) is 9.74. The van der Waals surface area contributed by atoms with Gasteiger partial charge in [0, 0.05) is 14.0 Å². The Morgan fingerprint density at radius 2 is 1.94 bits per heavy atom. The van der Waals surface area contributed by atoms with Crippen LogP contribution < -0.4 is 10.8 Å². The largest absolute Gasteiger partial charge is 0.467 e. The maximum atomic E-state index is 11.2.